The highest BCUT2D eigenvalue weighted by molar-refractivity contribution is 5.75. The average molecular weight is 242 g/mol. The van der Waals surface area contributed by atoms with Gasteiger partial charge in [-0.1, -0.05) is 13.3 Å². The van der Waals surface area contributed by atoms with E-state index in [1.165, 1.54) is 32.9 Å². The number of nitrogens with zero attached hydrogens (tertiary/aromatic N) is 1. The van der Waals surface area contributed by atoms with E-state index in [0.717, 1.165) is 25.4 Å². The summed E-state index contributed by atoms with van der Waals surface area (Å²) in [5.74, 6) is 0.736. The van der Waals surface area contributed by atoms with Gasteiger partial charge in [-0.3, -0.25) is 4.79 Å². The van der Waals surface area contributed by atoms with Crippen LogP contribution in [0.5, 0.6) is 0 Å². The summed E-state index contributed by atoms with van der Waals surface area (Å²) in [6, 6.07) is -0.158. The number of carbonyl (C=O) groups is 1. The molecule has 100 valence electrons. The summed E-state index contributed by atoms with van der Waals surface area (Å²) >= 11 is 0. The SMILES string of the molecule is CCNC(CCN(C)CC1CCC1)C(=O)OC. The van der Waals surface area contributed by atoms with E-state index in [2.05, 4.69) is 17.3 Å². The minimum atomic E-state index is -0.158. The minimum Gasteiger partial charge on any atom is -0.468 e. The molecule has 0 saturated heterocycles. The number of hydrogen-bond acceptors (Lipinski definition) is 4. The van der Waals surface area contributed by atoms with Gasteiger partial charge in [-0.15, -0.1) is 0 Å². The summed E-state index contributed by atoms with van der Waals surface area (Å²) in [4.78, 5) is 13.8. The molecule has 1 aliphatic carbocycles. The Kier molecular flexibility index (Phi) is 6.52. The molecule has 1 N–H and O–H groups in total. The molecule has 1 aliphatic rings. The van der Waals surface area contributed by atoms with Gasteiger partial charge >= 0.3 is 5.97 Å². The van der Waals surface area contributed by atoms with Gasteiger partial charge in [-0.2, -0.15) is 0 Å². The van der Waals surface area contributed by atoms with Crippen LogP contribution in [0.1, 0.15) is 32.6 Å². The molecule has 4 heteroatoms. The first-order chi connectivity index (χ1) is 8.17. The number of likely N-dealkylation sites (N-methyl/N-ethyl adjacent to an activating group) is 1. The molecule has 0 radical (unpaired) electrons. The van der Waals surface area contributed by atoms with Gasteiger partial charge in [0, 0.05) is 6.54 Å². The van der Waals surface area contributed by atoms with Gasteiger partial charge < -0.3 is 15.0 Å². The number of esters is 1. The highest BCUT2D eigenvalue weighted by atomic mass is 16.5. The highest BCUT2D eigenvalue weighted by Gasteiger charge is 2.21. The van der Waals surface area contributed by atoms with E-state index >= 15 is 0 Å². The van der Waals surface area contributed by atoms with Crippen molar-refractivity contribution in [3.8, 4) is 0 Å². The summed E-state index contributed by atoms with van der Waals surface area (Å²) in [6.45, 7) is 4.92. The van der Waals surface area contributed by atoms with Crippen LogP contribution in [0.3, 0.4) is 0 Å². The fourth-order valence-corrected chi connectivity index (χ4v) is 2.25. The number of methoxy groups -OCH3 is 1. The molecule has 0 heterocycles. The van der Waals surface area contributed by atoms with Gasteiger partial charge in [0.15, 0.2) is 0 Å². The van der Waals surface area contributed by atoms with Crippen molar-refractivity contribution in [3.63, 3.8) is 0 Å². The van der Waals surface area contributed by atoms with Crippen molar-refractivity contribution in [3.05, 3.63) is 0 Å². The average Bonchev–Trinajstić information content (AvgIpc) is 2.28. The summed E-state index contributed by atoms with van der Waals surface area (Å²) < 4.78 is 4.79. The number of carbonyl (C=O) groups excluding carboxylic acids is 1. The Balaban J connectivity index is 2.21. The molecule has 0 amide bonds. The van der Waals surface area contributed by atoms with Crippen LogP contribution in [0.4, 0.5) is 0 Å². The topological polar surface area (TPSA) is 41.6 Å². The molecule has 1 unspecified atom stereocenters. The van der Waals surface area contributed by atoms with Gasteiger partial charge in [0.25, 0.3) is 0 Å². The lowest BCUT2D eigenvalue weighted by atomic mass is 9.85. The van der Waals surface area contributed by atoms with Crippen molar-refractivity contribution >= 4 is 5.97 Å². The molecule has 1 atom stereocenters. The van der Waals surface area contributed by atoms with E-state index in [0.29, 0.717) is 0 Å². The Hall–Kier alpha value is -0.610. The highest BCUT2D eigenvalue weighted by Crippen LogP contribution is 2.26. The van der Waals surface area contributed by atoms with Crippen molar-refractivity contribution in [2.24, 2.45) is 5.92 Å². The molecular weight excluding hydrogens is 216 g/mol. The third kappa shape index (κ3) is 5.04. The normalized spacial score (nSPS) is 17.9. The first-order valence-electron chi connectivity index (χ1n) is 6.67. The standard InChI is InChI=1S/C13H26N2O2/c1-4-14-12(13(16)17-3)8-9-15(2)10-11-6-5-7-11/h11-12,14H,4-10H2,1-3H3. The first-order valence-corrected chi connectivity index (χ1v) is 6.67. The Morgan fingerprint density at radius 1 is 1.53 bits per heavy atom. The van der Waals surface area contributed by atoms with Gasteiger partial charge in [0.05, 0.1) is 7.11 Å². The number of hydrogen-bond donors (Lipinski definition) is 1. The quantitative estimate of drug-likeness (QED) is 0.651. The van der Waals surface area contributed by atoms with Gasteiger partial charge in [0.1, 0.15) is 6.04 Å². The Morgan fingerprint density at radius 3 is 2.71 bits per heavy atom. The fraction of sp³-hybridized carbons (Fsp3) is 0.923. The molecule has 4 nitrogen and oxygen atoms in total. The van der Waals surface area contributed by atoms with Crippen LogP contribution in [0.2, 0.25) is 0 Å². The van der Waals surface area contributed by atoms with Crippen molar-refractivity contribution in [2.75, 3.05) is 33.8 Å². The Labute approximate surface area is 105 Å². The monoisotopic (exact) mass is 242 g/mol. The zero-order chi connectivity index (χ0) is 12.7. The smallest absolute Gasteiger partial charge is 0.322 e. The Morgan fingerprint density at radius 2 is 2.24 bits per heavy atom. The molecule has 0 bridgehead atoms. The van der Waals surface area contributed by atoms with E-state index in [-0.39, 0.29) is 12.0 Å². The number of nitrogens with one attached hydrogen (secondary N) is 1. The van der Waals surface area contributed by atoms with Crippen LogP contribution < -0.4 is 5.32 Å². The lowest BCUT2D eigenvalue weighted by Gasteiger charge is -2.30. The van der Waals surface area contributed by atoms with E-state index in [1.807, 2.05) is 6.92 Å². The number of ether oxygens (including phenoxy) is 1. The van der Waals surface area contributed by atoms with Crippen molar-refractivity contribution < 1.29 is 9.53 Å². The van der Waals surface area contributed by atoms with E-state index in [9.17, 15) is 4.79 Å². The second-order valence-corrected chi connectivity index (χ2v) is 4.98. The van der Waals surface area contributed by atoms with Crippen molar-refractivity contribution in [1.82, 2.24) is 10.2 Å². The second kappa shape index (κ2) is 7.67. The molecule has 0 aromatic rings. The summed E-state index contributed by atoms with van der Waals surface area (Å²) in [7, 11) is 3.59. The van der Waals surface area contributed by atoms with Crippen molar-refractivity contribution in [2.45, 2.75) is 38.6 Å². The van der Waals surface area contributed by atoms with Crippen LogP contribution in [0.25, 0.3) is 0 Å². The van der Waals surface area contributed by atoms with Gasteiger partial charge in [-0.25, -0.2) is 0 Å². The second-order valence-electron chi connectivity index (χ2n) is 4.98. The molecule has 1 saturated carbocycles. The first kappa shape index (κ1) is 14.5. The van der Waals surface area contributed by atoms with Gasteiger partial charge in [0.2, 0.25) is 0 Å². The summed E-state index contributed by atoms with van der Waals surface area (Å²) in [5, 5.41) is 3.17. The van der Waals surface area contributed by atoms with Crippen LogP contribution in [0, 0.1) is 5.92 Å². The molecule has 0 aromatic heterocycles. The van der Waals surface area contributed by atoms with Crippen LogP contribution in [-0.4, -0.2) is 50.7 Å². The molecule has 0 aromatic carbocycles. The largest absolute Gasteiger partial charge is 0.468 e. The van der Waals surface area contributed by atoms with E-state index in [4.69, 9.17) is 4.74 Å². The summed E-state index contributed by atoms with van der Waals surface area (Å²) in [6.07, 6.45) is 4.96. The molecular formula is C13H26N2O2. The zero-order valence-corrected chi connectivity index (χ0v) is 11.4. The maximum Gasteiger partial charge on any atom is 0.322 e. The fourth-order valence-electron chi connectivity index (χ4n) is 2.25. The van der Waals surface area contributed by atoms with E-state index in [1.54, 1.807) is 0 Å². The molecule has 0 aliphatic heterocycles. The predicted octanol–water partition coefficient (Wildman–Crippen LogP) is 1.26. The van der Waals surface area contributed by atoms with Crippen LogP contribution in [0.15, 0.2) is 0 Å². The molecule has 17 heavy (non-hydrogen) atoms. The van der Waals surface area contributed by atoms with Crippen LogP contribution in [-0.2, 0) is 9.53 Å². The third-order valence-electron chi connectivity index (χ3n) is 3.53. The predicted molar refractivity (Wildman–Crippen MR) is 68.9 cm³/mol. The van der Waals surface area contributed by atoms with E-state index < -0.39 is 0 Å². The lowest BCUT2D eigenvalue weighted by Crippen LogP contribution is -2.41. The van der Waals surface area contributed by atoms with Crippen LogP contribution >= 0.6 is 0 Å². The molecule has 0 spiro atoms. The zero-order valence-electron chi connectivity index (χ0n) is 11.4. The number of rotatable bonds is 8. The van der Waals surface area contributed by atoms with Crippen molar-refractivity contribution in [1.29, 1.82) is 0 Å². The lowest BCUT2D eigenvalue weighted by molar-refractivity contribution is -0.143. The minimum absolute atomic E-state index is 0.149. The Bertz CT molecular complexity index is 229. The summed E-state index contributed by atoms with van der Waals surface area (Å²) in [5.41, 5.74) is 0. The van der Waals surface area contributed by atoms with Gasteiger partial charge in [-0.05, 0) is 45.3 Å². The third-order valence-corrected chi connectivity index (χ3v) is 3.53. The molecule has 1 rings (SSSR count). The maximum atomic E-state index is 11.5. The molecule has 1 fully saturated rings. The maximum absolute atomic E-state index is 11.5.